The second kappa shape index (κ2) is 7.06. The summed E-state index contributed by atoms with van der Waals surface area (Å²) >= 11 is 0. The number of hydrazine groups is 1. The number of aryl methyl sites for hydroxylation is 1. The molecule has 3 aromatic rings. The standard InChI is InChI=1S/C17H15FN4O3S/c1-12-10-13(22-9-5-8-19-22)11-15(16(12)18)17(23)20-21-26(24,25)14-6-3-2-4-7-14/h2-11,21H,1H3,(H,20,23). The highest BCUT2D eigenvalue weighted by Gasteiger charge is 2.19. The molecule has 3 rings (SSSR count). The Morgan fingerprint density at radius 2 is 1.88 bits per heavy atom. The smallest absolute Gasteiger partial charge is 0.269 e. The minimum absolute atomic E-state index is 0.0257. The molecule has 134 valence electrons. The van der Waals surface area contributed by atoms with Gasteiger partial charge in [-0.25, -0.2) is 17.5 Å². The van der Waals surface area contributed by atoms with Gasteiger partial charge in [-0.3, -0.25) is 10.2 Å². The Labute approximate surface area is 149 Å². The highest BCUT2D eigenvalue weighted by atomic mass is 32.2. The number of hydrogen-bond acceptors (Lipinski definition) is 4. The predicted octanol–water partition coefficient (Wildman–Crippen LogP) is 1.94. The van der Waals surface area contributed by atoms with Crippen LogP contribution >= 0.6 is 0 Å². The van der Waals surface area contributed by atoms with E-state index in [0.29, 0.717) is 5.69 Å². The lowest BCUT2D eigenvalue weighted by atomic mass is 10.1. The topological polar surface area (TPSA) is 93.1 Å². The molecular weight excluding hydrogens is 359 g/mol. The summed E-state index contributed by atoms with van der Waals surface area (Å²) in [7, 11) is -3.96. The number of benzene rings is 2. The van der Waals surface area contributed by atoms with Gasteiger partial charge in [0, 0.05) is 12.4 Å². The zero-order valence-corrected chi connectivity index (χ0v) is 14.5. The molecule has 2 aromatic carbocycles. The van der Waals surface area contributed by atoms with E-state index < -0.39 is 21.7 Å². The van der Waals surface area contributed by atoms with Crippen LogP contribution in [0.2, 0.25) is 0 Å². The van der Waals surface area contributed by atoms with Crippen molar-refractivity contribution < 1.29 is 17.6 Å². The summed E-state index contributed by atoms with van der Waals surface area (Å²) in [6.45, 7) is 1.51. The van der Waals surface area contributed by atoms with Crippen molar-refractivity contribution >= 4 is 15.9 Å². The predicted molar refractivity (Wildman–Crippen MR) is 92.5 cm³/mol. The third-order valence-corrected chi connectivity index (χ3v) is 4.87. The van der Waals surface area contributed by atoms with E-state index in [0.717, 1.165) is 0 Å². The zero-order chi connectivity index (χ0) is 18.7. The van der Waals surface area contributed by atoms with Crippen molar-refractivity contribution in [1.29, 1.82) is 0 Å². The number of nitrogens with zero attached hydrogens (tertiary/aromatic N) is 2. The molecule has 1 heterocycles. The number of carbonyl (C=O) groups is 1. The lowest BCUT2D eigenvalue weighted by molar-refractivity contribution is 0.0941. The van der Waals surface area contributed by atoms with Crippen LogP contribution in [0.1, 0.15) is 15.9 Å². The van der Waals surface area contributed by atoms with Crippen LogP contribution in [0.4, 0.5) is 4.39 Å². The van der Waals surface area contributed by atoms with Crippen molar-refractivity contribution in [2.75, 3.05) is 0 Å². The maximum atomic E-state index is 14.3. The molecule has 0 fully saturated rings. The molecule has 1 amide bonds. The molecule has 0 bridgehead atoms. The maximum Gasteiger partial charge on any atom is 0.269 e. The minimum Gasteiger partial charge on any atom is -0.273 e. The first-order chi connectivity index (χ1) is 12.4. The van der Waals surface area contributed by atoms with Crippen LogP contribution in [0.25, 0.3) is 5.69 Å². The van der Waals surface area contributed by atoms with Gasteiger partial charge in [0.2, 0.25) is 0 Å². The summed E-state index contributed by atoms with van der Waals surface area (Å²) in [5.41, 5.74) is 2.44. The van der Waals surface area contributed by atoms with Crippen molar-refractivity contribution in [1.82, 2.24) is 20.0 Å². The third-order valence-electron chi connectivity index (χ3n) is 3.61. The number of hydrogen-bond donors (Lipinski definition) is 2. The highest BCUT2D eigenvalue weighted by molar-refractivity contribution is 7.89. The van der Waals surface area contributed by atoms with E-state index in [9.17, 15) is 17.6 Å². The number of carbonyl (C=O) groups excluding carboxylic acids is 1. The maximum absolute atomic E-state index is 14.3. The van der Waals surface area contributed by atoms with Crippen molar-refractivity contribution in [3.63, 3.8) is 0 Å². The summed E-state index contributed by atoms with van der Waals surface area (Å²) in [6.07, 6.45) is 3.19. The van der Waals surface area contributed by atoms with Gasteiger partial charge in [-0.1, -0.05) is 18.2 Å². The normalized spacial score (nSPS) is 11.3. The third kappa shape index (κ3) is 3.63. The first-order valence-electron chi connectivity index (χ1n) is 7.56. The Balaban J connectivity index is 1.84. The lowest BCUT2D eigenvalue weighted by Crippen LogP contribution is -2.41. The first kappa shape index (κ1) is 17.8. The fourth-order valence-electron chi connectivity index (χ4n) is 2.31. The Morgan fingerprint density at radius 3 is 2.54 bits per heavy atom. The molecule has 0 spiro atoms. The van der Waals surface area contributed by atoms with Crippen LogP contribution < -0.4 is 10.3 Å². The van der Waals surface area contributed by atoms with E-state index in [1.165, 1.54) is 35.9 Å². The first-order valence-corrected chi connectivity index (χ1v) is 9.04. The van der Waals surface area contributed by atoms with Gasteiger partial charge in [-0.2, -0.15) is 5.10 Å². The van der Waals surface area contributed by atoms with E-state index in [1.807, 2.05) is 10.3 Å². The fraction of sp³-hybridized carbons (Fsp3) is 0.0588. The second-order valence-corrected chi connectivity index (χ2v) is 7.13. The lowest BCUT2D eigenvalue weighted by Gasteiger charge is -2.11. The molecule has 0 aliphatic heterocycles. The van der Waals surface area contributed by atoms with Gasteiger partial charge in [-0.15, -0.1) is 4.83 Å². The van der Waals surface area contributed by atoms with Crippen LogP contribution in [-0.2, 0) is 10.0 Å². The van der Waals surface area contributed by atoms with Gasteiger partial charge in [0.05, 0.1) is 16.1 Å². The number of aromatic nitrogens is 2. The number of amides is 1. The second-order valence-electron chi connectivity index (χ2n) is 5.45. The number of sulfonamides is 1. The molecule has 0 aliphatic rings. The van der Waals surface area contributed by atoms with Gasteiger partial charge in [0.15, 0.2) is 0 Å². The van der Waals surface area contributed by atoms with Crippen LogP contribution in [0, 0.1) is 12.7 Å². The molecule has 0 saturated heterocycles. The minimum atomic E-state index is -3.96. The van der Waals surface area contributed by atoms with Gasteiger partial charge in [0.1, 0.15) is 5.82 Å². The largest absolute Gasteiger partial charge is 0.273 e. The zero-order valence-electron chi connectivity index (χ0n) is 13.7. The SMILES string of the molecule is Cc1cc(-n2cccn2)cc(C(=O)NNS(=O)(=O)c2ccccc2)c1F. The van der Waals surface area contributed by atoms with E-state index in [4.69, 9.17) is 0 Å². The monoisotopic (exact) mass is 374 g/mol. The molecule has 9 heteroatoms. The molecule has 1 aromatic heterocycles. The Morgan fingerprint density at radius 1 is 1.15 bits per heavy atom. The van der Waals surface area contributed by atoms with Crippen molar-refractivity contribution in [2.45, 2.75) is 11.8 Å². The molecule has 0 saturated carbocycles. The molecule has 26 heavy (non-hydrogen) atoms. The van der Waals surface area contributed by atoms with Gasteiger partial charge >= 0.3 is 0 Å². The molecule has 0 unspecified atom stereocenters. The van der Waals surface area contributed by atoms with E-state index in [1.54, 1.807) is 36.7 Å². The van der Waals surface area contributed by atoms with Crippen molar-refractivity contribution in [2.24, 2.45) is 0 Å². The Hall–Kier alpha value is -3.04. The van der Waals surface area contributed by atoms with Gasteiger partial charge < -0.3 is 0 Å². The summed E-state index contributed by atoms with van der Waals surface area (Å²) in [5, 5.41) is 4.03. The van der Waals surface area contributed by atoms with Crippen molar-refractivity contribution in [3.8, 4) is 5.69 Å². The molecule has 2 N–H and O–H groups in total. The van der Waals surface area contributed by atoms with Crippen LogP contribution in [-0.4, -0.2) is 24.1 Å². The number of rotatable bonds is 5. The fourth-order valence-corrected chi connectivity index (χ4v) is 3.17. The van der Waals surface area contributed by atoms with Gasteiger partial charge in [-0.05, 0) is 42.8 Å². The summed E-state index contributed by atoms with van der Waals surface area (Å²) in [5.74, 6) is -1.66. The molecule has 0 atom stereocenters. The average Bonchev–Trinajstić information content (AvgIpc) is 3.17. The highest BCUT2D eigenvalue weighted by Crippen LogP contribution is 2.18. The molecule has 7 nitrogen and oxygen atoms in total. The van der Waals surface area contributed by atoms with E-state index in [2.05, 4.69) is 5.10 Å². The van der Waals surface area contributed by atoms with Crippen LogP contribution in [0.5, 0.6) is 0 Å². The molecule has 0 aliphatic carbocycles. The van der Waals surface area contributed by atoms with Gasteiger partial charge in [0.25, 0.3) is 15.9 Å². The number of halogens is 1. The summed E-state index contributed by atoms with van der Waals surface area (Å²) in [4.78, 5) is 14.2. The van der Waals surface area contributed by atoms with Crippen molar-refractivity contribution in [3.05, 3.63) is 77.9 Å². The summed E-state index contributed by atoms with van der Waals surface area (Å²) < 4.78 is 40.1. The van der Waals surface area contributed by atoms with E-state index >= 15 is 0 Å². The molecular formula is C17H15FN4O3S. The Kier molecular flexibility index (Phi) is 4.83. The Bertz CT molecular complexity index is 1040. The van der Waals surface area contributed by atoms with Crippen LogP contribution in [0.3, 0.4) is 0 Å². The van der Waals surface area contributed by atoms with E-state index in [-0.39, 0.29) is 16.0 Å². The van der Waals surface area contributed by atoms with Crippen LogP contribution in [0.15, 0.2) is 65.8 Å². The molecule has 0 radical (unpaired) electrons. The quantitative estimate of drug-likeness (QED) is 0.668. The average molecular weight is 374 g/mol. The number of nitrogens with one attached hydrogen (secondary N) is 2. The summed E-state index contributed by atoms with van der Waals surface area (Å²) in [6, 6.07) is 12.0.